The first-order valence-corrected chi connectivity index (χ1v) is 5.29. The summed E-state index contributed by atoms with van der Waals surface area (Å²) in [6, 6.07) is 6.06. The van der Waals surface area contributed by atoms with Gasteiger partial charge in [0.1, 0.15) is 11.0 Å². The number of aromatic nitrogens is 3. The molecule has 0 spiro atoms. The third-order valence-electron chi connectivity index (χ3n) is 2.23. The van der Waals surface area contributed by atoms with E-state index in [2.05, 4.69) is 22.8 Å². The van der Waals surface area contributed by atoms with E-state index in [4.69, 9.17) is 5.11 Å². The summed E-state index contributed by atoms with van der Waals surface area (Å²) in [5.41, 5.74) is 1.22. The summed E-state index contributed by atoms with van der Waals surface area (Å²) in [5, 5.41) is 16.3. The number of hydrogen-bond donors (Lipinski definition) is 2. The average Bonchev–Trinajstić information content (AvgIpc) is 2.68. The number of thiol groups is 1. The van der Waals surface area contributed by atoms with Gasteiger partial charge in [-0.25, -0.2) is 0 Å². The molecule has 1 aromatic carbocycles. The standard InChI is InChI=1S/C10H9N3O3S/c14-9(15)5-8(10(16)17)13-11-6-3-1-2-4-7(6)12-13/h1-4,8H,5H2,(H,14,15)(H,16,17). The normalized spacial score (nSPS) is 12.5. The molecule has 0 saturated heterocycles. The Bertz CT molecular complexity index is 548. The third-order valence-corrected chi connectivity index (χ3v) is 2.53. The Hall–Kier alpha value is -1.89. The number of hydrogen-bond acceptors (Lipinski definition) is 4. The molecule has 7 heteroatoms. The van der Waals surface area contributed by atoms with Crippen molar-refractivity contribution in [2.24, 2.45) is 0 Å². The molecule has 1 unspecified atom stereocenters. The Balaban J connectivity index is 2.41. The summed E-state index contributed by atoms with van der Waals surface area (Å²) in [7, 11) is 0. The predicted octanol–water partition coefficient (Wildman–Crippen LogP) is 0.903. The van der Waals surface area contributed by atoms with Crippen LogP contribution in [0.5, 0.6) is 0 Å². The molecule has 0 radical (unpaired) electrons. The largest absolute Gasteiger partial charge is 0.481 e. The van der Waals surface area contributed by atoms with Crippen LogP contribution >= 0.6 is 12.6 Å². The van der Waals surface area contributed by atoms with Gasteiger partial charge < -0.3 is 5.11 Å². The number of aliphatic carboxylic acids is 1. The van der Waals surface area contributed by atoms with Crippen LogP contribution in [0.3, 0.4) is 0 Å². The minimum Gasteiger partial charge on any atom is -0.481 e. The lowest BCUT2D eigenvalue weighted by molar-refractivity contribution is -0.139. The Labute approximate surface area is 102 Å². The summed E-state index contributed by atoms with van der Waals surface area (Å²) < 4.78 is 0. The number of fused-ring (bicyclic) bond motifs is 1. The summed E-state index contributed by atoms with van der Waals surface area (Å²) in [6.45, 7) is 0. The van der Waals surface area contributed by atoms with Gasteiger partial charge in [0.25, 0.3) is 0 Å². The van der Waals surface area contributed by atoms with Crippen LogP contribution < -0.4 is 0 Å². The van der Waals surface area contributed by atoms with Crippen molar-refractivity contribution in [2.45, 2.75) is 12.5 Å². The van der Waals surface area contributed by atoms with Crippen molar-refractivity contribution in [2.75, 3.05) is 0 Å². The number of carbonyl (C=O) groups is 2. The molecule has 0 aliphatic rings. The van der Waals surface area contributed by atoms with Gasteiger partial charge in [0.05, 0.1) is 6.42 Å². The topological polar surface area (TPSA) is 85.1 Å². The molecule has 1 N–H and O–H groups in total. The molecule has 1 aromatic heterocycles. The van der Waals surface area contributed by atoms with Gasteiger partial charge in [-0.15, -0.1) is 12.6 Å². The summed E-state index contributed by atoms with van der Waals surface area (Å²) in [5.74, 6) is -1.10. The Morgan fingerprint density at radius 3 is 2.24 bits per heavy atom. The zero-order chi connectivity index (χ0) is 12.4. The lowest BCUT2D eigenvalue weighted by Gasteiger charge is -2.08. The quantitative estimate of drug-likeness (QED) is 0.789. The van der Waals surface area contributed by atoms with E-state index in [0.29, 0.717) is 11.0 Å². The van der Waals surface area contributed by atoms with Crippen LogP contribution in [0.25, 0.3) is 11.0 Å². The number of carboxylic acids is 1. The zero-order valence-electron chi connectivity index (χ0n) is 8.65. The minimum absolute atomic E-state index is 0.386. The zero-order valence-corrected chi connectivity index (χ0v) is 9.54. The second-order valence-corrected chi connectivity index (χ2v) is 3.90. The maximum absolute atomic E-state index is 11.3. The smallest absolute Gasteiger partial charge is 0.306 e. The van der Waals surface area contributed by atoms with Crippen molar-refractivity contribution < 1.29 is 14.7 Å². The first-order chi connectivity index (χ1) is 8.08. The first-order valence-electron chi connectivity index (χ1n) is 4.84. The highest BCUT2D eigenvalue weighted by atomic mass is 32.1. The van der Waals surface area contributed by atoms with Crippen LogP contribution in [0.4, 0.5) is 0 Å². The van der Waals surface area contributed by atoms with Crippen molar-refractivity contribution >= 4 is 34.7 Å². The van der Waals surface area contributed by atoms with E-state index >= 15 is 0 Å². The van der Waals surface area contributed by atoms with E-state index in [1.54, 1.807) is 24.3 Å². The maximum Gasteiger partial charge on any atom is 0.306 e. The third kappa shape index (κ3) is 2.44. The van der Waals surface area contributed by atoms with E-state index in [-0.39, 0.29) is 6.42 Å². The van der Waals surface area contributed by atoms with E-state index in [1.807, 2.05) is 0 Å². The predicted molar refractivity (Wildman–Crippen MR) is 62.8 cm³/mol. The fourth-order valence-corrected chi connectivity index (χ4v) is 1.64. The lowest BCUT2D eigenvalue weighted by Crippen LogP contribution is -2.21. The molecular weight excluding hydrogens is 242 g/mol. The number of benzene rings is 1. The molecule has 0 amide bonds. The molecule has 1 heterocycles. The van der Waals surface area contributed by atoms with Crippen LogP contribution in [0.15, 0.2) is 24.3 Å². The SMILES string of the molecule is O=C(O)CC(C(=O)S)n1nc2ccccc2n1. The molecule has 0 fully saturated rings. The summed E-state index contributed by atoms with van der Waals surface area (Å²) in [4.78, 5) is 23.0. The lowest BCUT2D eigenvalue weighted by atomic mass is 10.2. The highest BCUT2D eigenvalue weighted by Crippen LogP contribution is 2.16. The molecule has 88 valence electrons. The van der Waals surface area contributed by atoms with Crippen LogP contribution in [-0.2, 0) is 9.59 Å². The number of nitrogens with zero attached hydrogens (tertiary/aromatic N) is 3. The molecule has 2 aromatic rings. The van der Waals surface area contributed by atoms with E-state index in [1.165, 1.54) is 0 Å². The highest BCUT2D eigenvalue weighted by Gasteiger charge is 2.23. The van der Waals surface area contributed by atoms with Crippen LogP contribution in [-0.4, -0.2) is 31.2 Å². The Kier molecular flexibility index (Phi) is 3.10. The molecule has 6 nitrogen and oxygen atoms in total. The van der Waals surface area contributed by atoms with E-state index < -0.39 is 17.1 Å². The van der Waals surface area contributed by atoms with Gasteiger partial charge in [0, 0.05) is 0 Å². The molecule has 1 atom stereocenters. The number of carboxylic acid groups (broad SMARTS) is 1. The fourth-order valence-electron chi connectivity index (χ4n) is 1.45. The van der Waals surface area contributed by atoms with Crippen LogP contribution in [0.1, 0.15) is 12.5 Å². The molecule has 0 saturated carbocycles. The van der Waals surface area contributed by atoms with Crippen molar-refractivity contribution in [1.29, 1.82) is 0 Å². The monoisotopic (exact) mass is 251 g/mol. The Morgan fingerprint density at radius 2 is 1.82 bits per heavy atom. The number of rotatable bonds is 4. The number of carbonyl (C=O) groups excluding carboxylic acids is 1. The maximum atomic E-state index is 11.3. The van der Waals surface area contributed by atoms with Gasteiger partial charge in [-0.2, -0.15) is 15.0 Å². The fraction of sp³-hybridized carbons (Fsp3) is 0.200. The second kappa shape index (κ2) is 4.54. The first kappa shape index (κ1) is 11.6. The average molecular weight is 251 g/mol. The van der Waals surface area contributed by atoms with Gasteiger partial charge >= 0.3 is 5.97 Å². The van der Waals surface area contributed by atoms with Gasteiger partial charge in [-0.05, 0) is 12.1 Å². The van der Waals surface area contributed by atoms with Crippen LogP contribution in [0, 0.1) is 0 Å². The molecule has 0 bridgehead atoms. The summed E-state index contributed by atoms with van der Waals surface area (Å²) in [6.07, 6.45) is -0.386. The second-order valence-electron chi connectivity index (χ2n) is 3.46. The molecular formula is C10H9N3O3S. The van der Waals surface area contributed by atoms with Gasteiger partial charge in [-0.1, -0.05) is 12.1 Å². The Morgan fingerprint density at radius 1 is 1.29 bits per heavy atom. The molecule has 0 aliphatic heterocycles. The molecule has 0 aliphatic carbocycles. The van der Waals surface area contributed by atoms with Gasteiger partial charge in [0.2, 0.25) is 5.12 Å². The van der Waals surface area contributed by atoms with Gasteiger partial charge in [0.15, 0.2) is 6.04 Å². The highest BCUT2D eigenvalue weighted by molar-refractivity contribution is 7.96. The van der Waals surface area contributed by atoms with Crippen molar-refractivity contribution in [1.82, 2.24) is 15.0 Å². The molecule has 2 rings (SSSR count). The van der Waals surface area contributed by atoms with Crippen molar-refractivity contribution in [3.05, 3.63) is 24.3 Å². The van der Waals surface area contributed by atoms with E-state index in [9.17, 15) is 9.59 Å². The van der Waals surface area contributed by atoms with E-state index in [0.717, 1.165) is 4.80 Å². The summed E-state index contributed by atoms with van der Waals surface area (Å²) >= 11 is 3.66. The van der Waals surface area contributed by atoms with Crippen molar-refractivity contribution in [3.63, 3.8) is 0 Å². The minimum atomic E-state index is -1.10. The van der Waals surface area contributed by atoms with Crippen molar-refractivity contribution in [3.8, 4) is 0 Å². The molecule has 17 heavy (non-hydrogen) atoms. The van der Waals surface area contributed by atoms with Crippen LogP contribution in [0.2, 0.25) is 0 Å². The van der Waals surface area contributed by atoms with Gasteiger partial charge in [-0.3, -0.25) is 9.59 Å².